The zero-order valence-corrected chi connectivity index (χ0v) is 14.3. The van der Waals surface area contributed by atoms with Gasteiger partial charge in [0.05, 0.1) is 12.0 Å². The highest BCUT2D eigenvalue weighted by molar-refractivity contribution is 6.02. The van der Waals surface area contributed by atoms with Crippen molar-refractivity contribution >= 4 is 17.5 Å². The Balaban J connectivity index is 1.40. The van der Waals surface area contributed by atoms with E-state index < -0.39 is 5.66 Å². The number of benzene rings is 2. The van der Waals surface area contributed by atoms with E-state index in [-0.39, 0.29) is 24.1 Å². The Morgan fingerprint density at radius 1 is 1.04 bits per heavy atom. The summed E-state index contributed by atoms with van der Waals surface area (Å²) in [4.78, 5) is 26.7. The van der Waals surface area contributed by atoms with Crippen molar-refractivity contribution < 1.29 is 14.0 Å². The number of likely N-dealkylation sites (tertiary alicyclic amines) is 1. The van der Waals surface area contributed by atoms with Gasteiger partial charge in [0.1, 0.15) is 11.5 Å². The van der Waals surface area contributed by atoms with E-state index in [1.54, 1.807) is 18.2 Å². The lowest BCUT2D eigenvalue weighted by molar-refractivity contribution is -0.132. The molecule has 1 fully saturated rings. The molecule has 2 aromatic carbocycles. The van der Waals surface area contributed by atoms with E-state index in [0.29, 0.717) is 31.5 Å². The average Bonchev–Trinajstić information content (AvgIpc) is 2.64. The van der Waals surface area contributed by atoms with Crippen LogP contribution in [0.2, 0.25) is 0 Å². The van der Waals surface area contributed by atoms with Gasteiger partial charge in [0.2, 0.25) is 5.91 Å². The van der Waals surface area contributed by atoms with Gasteiger partial charge in [0, 0.05) is 31.6 Å². The maximum absolute atomic E-state index is 13.0. The molecule has 2 aromatic rings. The number of anilines is 1. The number of amides is 2. The molecule has 1 saturated heterocycles. The molecular weight excluding hydrogens is 333 g/mol. The van der Waals surface area contributed by atoms with Crippen molar-refractivity contribution in [2.24, 2.45) is 0 Å². The Morgan fingerprint density at radius 2 is 1.73 bits per heavy atom. The van der Waals surface area contributed by atoms with E-state index in [4.69, 9.17) is 0 Å². The molecule has 26 heavy (non-hydrogen) atoms. The number of carbonyl (C=O) groups is 2. The zero-order valence-electron chi connectivity index (χ0n) is 14.3. The van der Waals surface area contributed by atoms with Gasteiger partial charge in [0.15, 0.2) is 0 Å². The summed E-state index contributed by atoms with van der Waals surface area (Å²) in [5.41, 5.74) is 1.78. The van der Waals surface area contributed by atoms with Crippen LogP contribution >= 0.6 is 0 Å². The fourth-order valence-electron chi connectivity index (χ4n) is 3.64. The van der Waals surface area contributed by atoms with Crippen LogP contribution < -0.4 is 10.6 Å². The summed E-state index contributed by atoms with van der Waals surface area (Å²) in [6.07, 6.45) is 1.54. The number of hydrogen-bond acceptors (Lipinski definition) is 3. The molecule has 5 nitrogen and oxygen atoms in total. The molecule has 2 aliphatic heterocycles. The van der Waals surface area contributed by atoms with Crippen molar-refractivity contribution in [1.29, 1.82) is 0 Å². The normalized spacial score (nSPS) is 18.0. The fraction of sp³-hybridized carbons (Fsp3) is 0.300. The molecule has 6 heteroatoms. The molecule has 2 N–H and O–H groups in total. The van der Waals surface area contributed by atoms with E-state index in [2.05, 4.69) is 10.6 Å². The lowest BCUT2D eigenvalue weighted by Gasteiger charge is -2.45. The van der Waals surface area contributed by atoms with Crippen molar-refractivity contribution in [2.75, 3.05) is 18.4 Å². The first-order valence-electron chi connectivity index (χ1n) is 8.77. The maximum Gasteiger partial charge on any atom is 0.255 e. The molecule has 0 bridgehead atoms. The second kappa shape index (κ2) is 6.44. The molecule has 0 aliphatic carbocycles. The Bertz CT molecular complexity index is 842. The lowest BCUT2D eigenvalue weighted by atomic mass is 9.92. The van der Waals surface area contributed by atoms with Gasteiger partial charge in [-0.25, -0.2) is 4.39 Å². The van der Waals surface area contributed by atoms with Crippen LogP contribution in [-0.2, 0) is 11.2 Å². The number of carbonyl (C=O) groups excluding carboxylic acids is 2. The number of nitrogens with one attached hydrogen (secondary N) is 2. The van der Waals surface area contributed by atoms with E-state index in [0.717, 1.165) is 11.3 Å². The Morgan fingerprint density at radius 3 is 2.46 bits per heavy atom. The molecule has 0 saturated carbocycles. The molecule has 0 atom stereocenters. The van der Waals surface area contributed by atoms with Gasteiger partial charge in [-0.15, -0.1) is 0 Å². The first-order chi connectivity index (χ1) is 12.5. The highest BCUT2D eigenvalue weighted by atomic mass is 19.1. The Hall–Kier alpha value is -2.89. The van der Waals surface area contributed by atoms with Crippen LogP contribution in [0.25, 0.3) is 0 Å². The van der Waals surface area contributed by atoms with E-state index in [1.807, 2.05) is 23.1 Å². The number of nitrogens with zero attached hydrogens (tertiary/aromatic N) is 1. The minimum absolute atomic E-state index is 0.0222. The standard InChI is InChI=1S/C20H20FN3O2/c21-15-7-5-14(6-8-15)13-18(25)24-11-9-20(10-12-24)22-17-4-2-1-3-16(17)19(26)23-20/h1-8,22H,9-13H2,(H,23,26). The monoisotopic (exact) mass is 353 g/mol. The van der Waals surface area contributed by atoms with Gasteiger partial charge in [-0.2, -0.15) is 0 Å². The van der Waals surface area contributed by atoms with Crippen LogP contribution in [-0.4, -0.2) is 35.5 Å². The van der Waals surface area contributed by atoms with Gasteiger partial charge < -0.3 is 15.5 Å². The SMILES string of the molecule is O=C1NC2(CCN(C(=O)Cc3ccc(F)cc3)CC2)Nc2ccccc21. The molecule has 0 unspecified atom stereocenters. The summed E-state index contributed by atoms with van der Waals surface area (Å²) in [7, 11) is 0. The van der Waals surface area contributed by atoms with E-state index in [1.165, 1.54) is 12.1 Å². The summed E-state index contributed by atoms with van der Waals surface area (Å²) in [6, 6.07) is 13.5. The first kappa shape index (κ1) is 16.6. The molecule has 0 radical (unpaired) electrons. The van der Waals surface area contributed by atoms with Crippen LogP contribution in [0.4, 0.5) is 10.1 Å². The van der Waals surface area contributed by atoms with Crippen molar-refractivity contribution in [3.05, 3.63) is 65.5 Å². The molecule has 2 heterocycles. The molecular formula is C20H20FN3O2. The minimum Gasteiger partial charge on any atom is -0.362 e. The highest BCUT2D eigenvalue weighted by Gasteiger charge is 2.40. The van der Waals surface area contributed by atoms with Gasteiger partial charge in [0.25, 0.3) is 5.91 Å². The van der Waals surface area contributed by atoms with Crippen LogP contribution in [0.15, 0.2) is 48.5 Å². The third-order valence-electron chi connectivity index (χ3n) is 5.14. The second-order valence-corrected chi connectivity index (χ2v) is 6.89. The van der Waals surface area contributed by atoms with Gasteiger partial charge in [-0.05, 0) is 29.8 Å². The molecule has 4 rings (SSSR count). The minimum atomic E-state index is -0.502. The molecule has 134 valence electrons. The van der Waals surface area contributed by atoms with Gasteiger partial charge >= 0.3 is 0 Å². The quantitative estimate of drug-likeness (QED) is 0.872. The number of para-hydroxylation sites is 1. The number of fused-ring (bicyclic) bond motifs is 1. The molecule has 2 aliphatic rings. The third kappa shape index (κ3) is 3.14. The lowest BCUT2D eigenvalue weighted by Crippen LogP contribution is -2.62. The van der Waals surface area contributed by atoms with Crippen molar-refractivity contribution in [3.8, 4) is 0 Å². The molecule has 2 amide bonds. The van der Waals surface area contributed by atoms with Gasteiger partial charge in [-0.3, -0.25) is 9.59 Å². The number of piperidine rings is 1. The Labute approximate surface area is 151 Å². The van der Waals surface area contributed by atoms with Crippen LogP contribution in [0.3, 0.4) is 0 Å². The predicted octanol–water partition coefficient (Wildman–Crippen LogP) is 2.54. The third-order valence-corrected chi connectivity index (χ3v) is 5.14. The van der Waals surface area contributed by atoms with Crippen LogP contribution in [0.1, 0.15) is 28.8 Å². The fourth-order valence-corrected chi connectivity index (χ4v) is 3.64. The average molecular weight is 353 g/mol. The van der Waals surface area contributed by atoms with Crippen LogP contribution in [0.5, 0.6) is 0 Å². The summed E-state index contributed by atoms with van der Waals surface area (Å²) in [5, 5.41) is 6.52. The van der Waals surface area contributed by atoms with Crippen molar-refractivity contribution in [3.63, 3.8) is 0 Å². The number of hydrogen-bond donors (Lipinski definition) is 2. The smallest absolute Gasteiger partial charge is 0.255 e. The van der Waals surface area contributed by atoms with E-state index >= 15 is 0 Å². The number of rotatable bonds is 2. The molecule has 0 aromatic heterocycles. The molecule has 1 spiro atoms. The van der Waals surface area contributed by atoms with Gasteiger partial charge in [-0.1, -0.05) is 24.3 Å². The first-order valence-corrected chi connectivity index (χ1v) is 8.77. The summed E-state index contributed by atoms with van der Waals surface area (Å²) >= 11 is 0. The maximum atomic E-state index is 13.0. The number of halogens is 1. The predicted molar refractivity (Wildman–Crippen MR) is 96.2 cm³/mol. The largest absolute Gasteiger partial charge is 0.362 e. The van der Waals surface area contributed by atoms with E-state index in [9.17, 15) is 14.0 Å². The van der Waals surface area contributed by atoms with Crippen molar-refractivity contribution in [1.82, 2.24) is 10.2 Å². The Kier molecular flexibility index (Phi) is 4.11. The second-order valence-electron chi connectivity index (χ2n) is 6.89. The summed E-state index contributed by atoms with van der Waals surface area (Å²) in [5.74, 6) is -0.361. The van der Waals surface area contributed by atoms with Crippen molar-refractivity contribution in [2.45, 2.75) is 24.9 Å². The topological polar surface area (TPSA) is 61.4 Å². The highest BCUT2D eigenvalue weighted by Crippen LogP contribution is 2.31. The van der Waals surface area contributed by atoms with Crippen LogP contribution in [0, 0.1) is 5.82 Å². The zero-order chi connectivity index (χ0) is 18.1. The summed E-state index contributed by atoms with van der Waals surface area (Å²) < 4.78 is 13.0. The summed E-state index contributed by atoms with van der Waals surface area (Å²) in [6.45, 7) is 1.13.